The van der Waals surface area contributed by atoms with Crippen LogP contribution in [0.25, 0.3) is 6.08 Å². The van der Waals surface area contributed by atoms with E-state index in [2.05, 4.69) is 6.92 Å². The van der Waals surface area contributed by atoms with Gasteiger partial charge in [0.1, 0.15) is 6.61 Å². The molecule has 4 rings (SSSR count). The Kier molecular flexibility index (Phi) is 8.39. The standard InChI is InChI=1S/C29H29ClN2O3S/c1-5-20(3)32-28(33)27(36-29(32)31-24-13-6-19(2)7-14-24)17-22-10-15-25(26(16-22)34-4)35-18-21-8-11-23(30)12-9-21/h6-17,20H,5,18H2,1-4H3/b27-17+,31-29?/t20-/m0/s1. The van der Waals surface area contributed by atoms with Crippen molar-refractivity contribution in [3.63, 3.8) is 0 Å². The molecule has 0 spiro atoms. The fraction of sp³-hybridized carbons (Fsp3) is 0.241. The minimum Gasteiger partial charge on any atom is -0.493 e. The minimum atomic E-state index is -0.0396. The molecule has 3 aromatic carbocycles. The van der Waals surface area contributed by atoms with Crippen molar-refractivity contribution >= 4 is 46.2 Å². The summed E-state index contributed by atoms with van der Waals surface area (Å²) in [6.07, 6.45) is 2.71. The highest BCUT2D eigenvalue weighted by Crippen LogP contribution is 2.37. The highest BCUT2D eigenvalue weighted by Gasteiger charge is 2.36. The molecule has 1 aliphatic heterocycles. The number of nitrogens with zero attached hydrogens (tertiary/aromatic N) is 2. The lowest BCUT2D eigenvalue weighted by Gasteiger charge is -2.22. The van der Waals surface area contributed by atoms with Crippen molar-refractivity contribution in [1.29, 1.82) is 0 Å². The molecule has 0 N–H and O–H groups in total. The number of ether oxygens (including phenoxy) is 2. The van der Waals surface area contributed by atoms with E-state index in [1.165, 1.54) is 17.3 Å². The quantitative estimate of drug-likeness (QED) is 0.286. The molecule has 0 aromatic heterocycles. The summed E-state index contributed by atoms with van der Waals surface area (Å²) < 4.78 is 11.5. The zero-order chi connectivity index (χ0) is 25.7. The van der Waals surface area contributed by atoms with Crippen LogP contribution in [-0.4, -0.2) is 29.1 Å². The molecule has 5 nitrogen and oxygen atoms in total. The minimum absolute atomic E-state index is 0.0396. The van der Waals surface area contributed by atoms with Crippen LogP contribution in [0.15, 0.2) is 76.6 Å². The third-order valence-corrected chi connectivity index (χ3v) is 7.16. The number of carbonyl (C=O) groups excluding carboxylic acids is 1. The number of hydrogen-bond acceptors (Lipinski definition) is 5. The van der Waals surface area contributed by atoms with Gasteiger partial charge >= 0.3 is 0 Å². The van der Waals surface area contributed by atoms with Gasteiger partial charge in [0.15, 0.2) is 16.7 Å². The second kappa shape index (κ2) is 11.7. The fourth-order valence-electron chi connectivity index (χ4n) is 3.65. The highest BCUT2D eigenvalue weighted by molar-refractivity contribution is 8.18. The molecule has 0 radical (unpaired) electrons. The van der Waals surface area contributed by atoms with Crippen LogP contribution in [0.1, 0.15) is 37.0 Å². The molecule has 1 aliphatic rings. The number of amidine groups is 1. The third-order valence-electron chi connectivity index (χ3n) is 5.92. The van der Waals surface area contributed by atoms with E-state index < -0.39 is 0 Å². The molecule has 1 amide bonds. The van der Waals surface area contributed by atoms with Crippen LogP contribution in [-0.2, 0) is 11.4 Å². The number of carbonyl (C=O) groups is 1. The molecule has 1 fully saturated rings. The Bertz CT molecular complexity index is 1290. The number of aliphatic imine (C=N–C) groups is 1. The summed E-state index contributed by atoms with van der Waals surface area (Å²) in [5.41, 5.74) is 3.85. The van der Waals surface area contributed by atoms with Gasteiger partial charge in [0.05, 0.1) is 17.7 Å². The summed E-state index contributed by atoms with van der Waals surface area (Å²) >= 11 is 7.36. The summed E-state index contributed by atoms with van der Waals surface area (Å²) in [4.78, 5) is 20.6. The Hall–Kier alpha value is -3.22. The Morgan fingerprint density at radius 3 is 2.44 bits per heavy atom. The first-order valence-electron chi connectivity index (χ1n) is 11.8. The van der Waals surface area contributed by atoms with Gasteiger partial charge in [0, 0.05) is 11.1 Å². The van der Waals surface area contributed by atoms with E-state index in [9.17, 15) is 4.79 Å². The first-order valence-corrected chi connectivity index (χ1v) is 13.0. The van der Waals surface area contributed by atoms with Gasteiger partial charge in [-0.1, -0.05) is 54.4 Å². The zero-order valence-corrected chi connectivity index (χ0v) is 22.4. The van der Waals surface area contributed by atoms with Gasteiger partial charge in [0.25, 0.3) is 5.91 Å². The molecular weight excluding hydrogens is 492 g/mol. The molecule has 0 saturated carbocycles. The molecule has 3 aromatic rings. The number of hydrogen-bond donors (Lipinski definition) is 0. The molecule has 1 heterocycles. The average molecular weight is 521 g/mol. The number of halogens is 1. The van der Waals surface area contributed by atoms with Gasteiger partial charge in [0.2, 0.25) is 0 Å². The van der Waals surface area contributed by atoms with Crippen LogP contribution in [0.3, 0.4) is 0 Å². The first kappa shape index (κ1) is 25.9. The summed E-state index contributed by atoms with van der Waals surface area (Å²) in [7, 11) is 1.61. The summed E-state index contributed by atoms with van der Waals surface area (Å²) in [6, 6.07) is 21.2. The molecule has 7 heteroatoms. The maximum absolute atomic E-state index is 13.4. The van der Waals surface area contributed by atoms with Crippen molar-refractivity contribution in [2.75, 3.05) is 7.11 Å². The van der Waals surface area contributed by atoms with Gasteiger partial charge < -0.3 is 9.47 Å². The smallest absolute Gasteiger partial charge is 0.266 e. The predicted molar refractivity (Wildman–Crippen MR) is 149 cm³/mol. The van der Waals surface area contributed by atoms with Crippen molar-refractivity contribution in [2.24, 2.45) is 4.99 Å². The van der Waals surface area contributed by atoms with E-state index in [0.29, 0.717) is 33.2 Å². The van der Waals surface area contributed by atoms with Crippen molar-refractivity contribution < 1.29 is 14.3 Å². The lowest BCUT2D eigenvalue weighted by atomic mass is 10.1. The van der Waals surface area contributed by atoms with Crippen LogP contribution in [0.4, 0.5) is 5.69 Å². The van der Waals surface area contributed by atoms with Gasteiger partial charge in [-0.2, -0.15) is 0 Å². The van der Waals surface area contributed by atoms with Gasteiger partial charge in [-0.3, -0.25) is 9.69 Å². The second-order valence-corrected chi connectivity index (χ2v) is 10.0. The second-order valence-electron chi connectivity index (χ2n) is 8.60. The van der Waals surface area contributed by atoms with Crippen molar-refractivity contribution in [2.45, 2.75) is 39.8 Å². The number of benzene rings is 3. The van der Waals surface area contributed by atoms with Crippen LogP contribution in [0.5, 0.6) is 11.5 Å². The maximum atomic E-state index is 13.4. The van der Waals surface area contributed by atoms with Crippen LogP contribution in [0, 0.1) is 6.92 Å². The number of aryl methyl sites for hydroxylation is 1. The number of rotatable bonds is 8. The largest absolute Gasteiger partial charge is 0.493 e. The normalized spacial score (nSPS) is 16.6. The average Bonchev–Trinajstić information content (AvgIpc) is 3.19. The van der Waals surface area contributed by atoms with Gasteiger partial charge in [-0.05, 0) is 85.6 Å². The summed E-state index contributed by atoms with van der Waals surface area (Å²) in [5, 5.41) is 1.38. The lowest BCUT2D eigenvalue weighted by Crippen LogP contribution is -2.36. The first-order chi connectivity index (χ1) is 17.4. The highest BCUT2D eigenvalue weighted by atomic mass is 35.5. The molecule has 0 aliphatic carbocycles. The Morgan fingerprint density at radius 1 is 1.06 bits per heavy atom. The molecule has 0 unspecified atom stereocenters. The SMILES string of the molecule is CC[C@H](C)N1C(=O)/C(=C\c2ccc(OCc3ccc(Cl)cc3)c(OC)c2)SC1=Nc1ccc(C)cc1. The van der Waals surface area contributed by atoms with Crippen LogP contribution in [0.2, 0.25) is 5.02 Å². The van der Waals surface area contributed by atoms with Crippen LogP contribution < -0.4 is 9.47 Å². The zero-order valence-electron chi connectivity index (χ0n) is 20.8. The number of methoxy groups -OCH3 is 1. The van der Waals surface area contributed by atoms with E-state index in [4.69, 9.17) is 26.1 Å². The number of thioether (sulfide) groups is 1. The topological polar surface area (TPSA) is 51.1 Å². The molecule has 1 saturated heterocycles. The van der Waals surface area contributed by atoms with Gasteiger partial charge in [-0.25, -0.2) is 4.99 Å². The van der Waals surface area contributed by atoms with E-state index in [0.717, 1.165) is 23.2 Å². The molecular formula is C29H29ClN2O3S. The van der Waals surface area contributed by atoms with E-state index >= 15 is 0 Å². The summed E-state index contributed by atoms with van der Waals surface area (Å²) in [5.74, 6) is 1.19. The molecule has 186 valence electrons. The number of amides is 1. The maximum Gasteiger partial charge on any atom is 0.266 e. The Labute approximate surface area is 221 Å². The molecule has 1 atom stereocenters. The van der Waals surface area contributed by atoms with E-state index in [1.54, 1.807) is 12.0 Å². The fourth-order valence-corrected chi connectivity index (χ4v) is 4.87. The summed E-state index contributed by atoms with van der Waals surface area (Å²) in [6.45, 7) is 6.55. The van der Waals surface area contributed by atoms with E-state index in [1.807, 2.05) is 86.7 Å². The predicted octanol–water partition coefficient (Wildman–Crippen LogP) is 7.64. The van der Waals surface area contributed by atoms with E-state index in [-0.39, 0.29) is 11.9 Å². The molecule has 0 bridgehead atoms. The van der Waals surface area contributed by atoms with Gasteiger partial charge in [-0.15, -0.1) is 0 Å². The monoisotopic (exact) mass is 520 g/mol. The Morgan fingerprint density at radius 2 is 1.78 bits per heavy atom. The molecule has 36 heavy (non-hydrogen) atoms. The third kappa shape index (κ3) is 6.12. The van der Waals surface area contributed by atoms with Crippen molar-refractivity contribution in [3.05, 3.63) is 93.3 Å². The van der Waals surface area contributed by atoms with Crippen LogP contribution >= 0.6 is 23.4 Å². The lowest BCUT2D eigenvalue weighted by molar-refractivity contribution is -0.123. The van der Waals surface area contributed by atoms with Crippen molar-refractivity contribution in [3.8, 4) is 11.5 Å². The Balaban J connectivity index is 1.57. The van der Waals surface area contributed by atoms with Crippen molar-refractivity contribution in [1.82, 2.24) is 4.90 Å².